The number of halogens is 1. The van der Waals surface area contributed by atoms with Gasteiger partial charge in [-0.15, -0.1) is 0 Å². The predicted octanol–water partition coefficient (Wildman–Crippen LogP) is 5.12. The number of nitrogens with one attached hydrogen (secondary N) is 1. The average molecular weight is 400 g/mol. The highest BCUT2D eigenvalue weighted by Gasteiger charge is 2.19. The van der Waals surface area contributed by atoms with Crippen LogP contribution in [-0.4, -0.2) is 24.0 Å². The Bertz CT molecular complexity index is 963. The number of thiazole rings is 1. The van der Waals surface area contributed by atoms with Crippen molar-refractivity contribution < 1.29 is 4.79 Å². The van der Waals surface area contributed by atoms with Gasteiger partial charge in [0.05, 0.1) is 10.2 Å². The molecule has 0 spiro atoms. The average Bonchev–Trinajstić information content (AvgIpc) is 3.11. The molecular weight excluding hydrogens is 378 g/mol. The van der Waals surface area contributed by atoms with E-state index in [4.69, 9.17) is 16.6 Å². The number of hydrogen-bond donors (Lipinski definition) is 1. The molecule has 27 heavy (non-hydrogen) atoms. The molecule has 0 radical (unpaired) electrons. The smallest absolute Gasteiger partial charge is 0.251 e. The van der Waals surface area contributed by atoms with Crippen LogP contribution in [0.4, 0.5) is 5.13 Å². The zero-order chi connectivity index (χ0) is 18.8. The number of nitrogens with zero attached hydrogens (tertiary/aromatic N) is 2. The number of carbonyl (C=O) groups excluding carboxylic acids is 1. The number of aromatic nitrogens is 1. The number of piperidine rings is 1. The molecule has 1 amide bonds. The van der Waals surface area contributed by atoms with Crippen molar-refractivity contribution in [3.63, 3.8) is 0 Å². The summed E-state index contributed by atoms with van der Waals surface area (Å²) in [6.07, 6.45) is 2.43. The first kappa shape index (κ1) is 18.3. The number of fused-ring (bicyclic) bond motifs is 1. The van der Waals surface area contributed by atoms with E-state index < -0.39 is 0 Å². The normalized spacial score (nSPS) is 15.3. The van der Waals surface area contributed by atoms with Gasteiger partial charge in [0.15, 0.2) is 5.13 Å². The summed E-state index contributed by atoms with van der Waals surface area (Å²) in [5.74, 6) is 0.697. The minimum absolute atomic E-state index is 0.0985. The fourth-order valence-electron chi connectivity index (χ4n) is 3.31. The van der Waals surface area contributed by atoms with E-state index in [-0.39, 0.29) is 5.91 Å². The Kier molecular flexibility index (Phi) is 5.32. The molecule has 1 fully saturated rings. The molecule has 0 aliphatic carbocycles. The lowest BCUT2D eigenvalue weighted by atomic mass is 10.00. The van der Waals surface area contributed by atoms with E-state index in [9.17, 15) is 4.79 Å². The molecule has 1 aromatic heterocycles. The zero-order valence-electron chi connectivity index (χ0n) is 15.2. The van der Waals surface area contributed by atoms with Gasteiger partial charge in [0.1, 0.15) is 0 Å². The fraction of sp³-hybridized carbons (Fsp3) is 0.333. The molecule has 140 valence electrons. The first-order valence-corrected chi connectivity index (χ1v) is 10.5. The molecule has 4 nitrogen and oxygen atoms in total. The summed E-state index contributed by atoms with van der Waals surface area (Å²) in [7, 11) is 0. The lowest BCUT2D eigenvalue weighted by molar-refractivity contribution is 0.0951. The molecule has 2 aromatic carbocycles. The molecule has 0 unspecified atom stereocenters. The summed E-state index contributed by atoms with van der Waals surface area (Å²) >= 11 is 7.82. The van der Waals surface area contributed by atoms with Gasteiger partial charge < -0.3 is 10.2 Å². The molecule has 1 aliphatic rings. The van der Waals surface area contributed by atoms with Crippen LogP contribution in [0.5, 0.6) is 0 Å². The van der Waals surface area contributed by atoms with Crippen molar-refractivity contribution in [3.8, 4) is 0 Å². The van der Waals surface area contributed by atoms with E-state index in [2.05, 4.69) is 17.1 Å². The second kappa shape index (κ2) is 7.87. The molecular formula is C21H22ClN3OS. The quantitative estimate of drug-likeness (QED) is 0.662. The molecule has 0 atom stereocenters. The molecule has 2 heterocycles. The number of benzene rings is 2. The van der Waals surface area contributed by atoms with Gasteiger partial charge in [0.2, 0.25) is 0 Å². The molecule has 0 saturated carbocycles. The minimum Gasteiger partial charge on any atom is -0.348 e. The summed E-state index contributed by atoms with van der Waals surface area (Å²) in [6.45, 7) is 4.85. The lowest BCUT2D eigenvalue weighted by Crippen LogP contribution is -2.32. The maximum atomic E-state index is 12.5. The Balaban J connectivity index is 1.47. The van der Waals surface area contributed by atoms with Crippen molar-refractivity contribution in [2.45, 2.75) is 26.3 Å². The molecule has 0 bridgehead atoms. The monoisotopic (exact) mass is 399 g/mol. The van der Waals surface area contributed by atoms with Crippen molar-refractivity contribution in [2.75, 3.05) is 18.0 Å². The Morgan fingerprint density at radius 3 is 2.81 bits per heavy atom. The van der Waals surface area contributed by atoms with Crippen LogP contribution in [0.25, 0.3) is 10.2 Å². The van der Waals surface area contributed by atoms with Crippen LogP contribution in [-0.2, 0) is 6.54 Å². The van der Waals surface area contributed by atoms with Crippen LogP contribution in [0.1, 0.15) is 35.7 Å². The Morgan fingerprint density at radius 2 is 2.04 bits per heavy atom. The Labute approximate surface area is 168 Å². The molecule has 3 aromatic rings. The minimum atomic E-state index is -0.0985. The summed E-state index contributed by atoms with van der Waals surface area (Å²) in [5.41, 5.74) is 2.52. The predicted molar refractivity (Wildman–Crippen MR) is 113 cm³/mol. The third-order valence-corrected chi connectivity index (χ3v) is 6.54. The Hall–Kier alpha value is -2.11. The first-order chi connectivity index (χ1) is 13.1. The van der Waals surface area contributed by atoms with Crippen molar-refractivity contribution >= 4 is 44.2 Å². The summed E-state index contributed by atoms with van der Waals surface area (Å²) in [6, 6.07) is 13.3. The van der Waals surface area contributed by atoms with E-state index in [0.717, 1.165) is 39.9 Å². The number of amides is 1. The highest BCUT2D eigenvalue weighted by Crippen LogP contribution is 2.32. The van der Waals surface area contributed by atoms with E-state index >= 15 is 0 Å². The van der Waals surface area contributed by atoms with Gasteiger partial charge in [0, 0.05) is 30.2 Å². The zero-order valence-corrected chi connectivity index (χ0v) is 16.8. The topological polar surface area (TPSA) is 45.2 Å². The van der Waals surface area contributed by atoms with Crippen molar-refractivity contribution in [3.05, 3.63) is 58.6 Å². The summed E-state index contributed by atoms with van der Waals surface area (Å²) in [5, 5.41) is 4.67. The van der Waals surface area contributed by atoms with Gasteiger partial charge in [-0.2, -0.15) is 0 Å². The van der Waals surface area contributed by atoms with Crippen LogP contribution >= 0.6 is 22.9 Å². The van der Waals surface area contributed by atoms with Gasteiger partial charge in [-0.25, -0.2) is 4.98 Å². The van der Waals surface area contributed by atoms with Crippen LogP contribution in [0.2, 0.25) is 5.02 Å². The Morgan fingerprint density at radius 1 is 1.26 bits per heavy atom. The second-order valence-electron chi connectivity index (χ2n) is 7.12. The maximum absolute atomic E-state index is 12.5. The van der Waals surface area contributed by atoms with Gasteiger partial charge in [-0.1, -0.05) is 48.1 Å². The number of hydrogen-bond acceptors (Lipinski definition) is 4. The molecule has 1 aliphatic heterocycles. The van der Waals surface area contributed by atoms with Gasteiger partial charge >= 0.3 is 0 Å². The van der Waals surface area contributed by atoms with Crippen LogP contribution in [0, 0.1) is 5.92 Å². The van der Waals surface area contributed by atoms with Crippen LogP contribution < -0.4 is 10.2 Å². The van der Waals surface area contributed by atoms with Crippen molar-refractivity contribution in [2.24, 2.45) is 5.92 Å². The largest absolute Gasteiger partial charge is 0.348 e. The van der Waals surface area contributed by atoms with Crippen LogP contribution in [0.3, 0.4) is 0 Å². The molecule has 6 heteroatoms. The molecule has 1 saturated heterocycles. The maximum Gasteiger partial charge on any atom is 0.251 e. The summed E-state index contributed by atoms with van der Waals surface area (Å²) < 4.78 is 1.05. The summed E-state index contributed by atoms with van der Waals surface area (Å²) in [4.78, 5) is 19.7. The van der Waals surface area contributed by atoms with Gasteiger partial charge in [0.25, 0.3) is 5.91 Å². The van der Waals surface area contributed by atoms with E-state index in [1.807, 2.05) is 42.5 Å². The fourth-order valence-corrected chi connectivity index (χ4v) is 4.57. The number of anilines is 1. The second-order valence-corrected chi connectivity index (χ2v) is 8.54. The van der Waals surface area contributed by atoms with E-state index in [0.29, 0.717) is 17.1 Å². The van der Waals surface area contributed by atoms with Gasteiger partial charge in [-0.05, 0) is 48.6 Å². The van der Waals surface area contributed by atoms with Crippen molar-refractivity contribution in [1.29, 1.82) is 0 Å². The molecule has 4 rings (SSSR count). The highest BCUT2D eigenvalue weighted by molar-refractivity contribution is 7.22. The van der Waals surface area contributed by atoms with Crippen LogP contribution in [0.15, 0.2) is 42.5 Å². The standard InChI is InChI=1S/C21H22ClN3OS/c1-14-8-10-25(11-9-14)21-24-18-7-6-15(12-19(18)27-21)20(26)23-13-16-4-2-3-5-17(16)22/h2-7,12,14H,8-11,13H2,1H3,(H,23,26). The number of carbonyl (C=O) groups is 1. The third kappa shape index (κ3) is 4.09. The van der Waals surface area contributed by atoms with Gasteiger partial charge in [-0.3, -0.25) is 4.79 Å². The lowest BCUT2D eigenvalue weighted by Gasteiger charge is -2.29. The first-order valence-electron chi connectivity index (χ1n) is 9.27. The SMILES string of the molecule is CC1CCN(c2nc3ccc(C(=O)NCc4ccccc4Cl)cc3s2)CC1. The van der Waals surface area contributed by atoms with Crippen molar-refractivity contribution in [1.82, 2.24) is 10.3 Å². The van der Waals surface area contributed by atoms with E-state index in [1.165, 1.54) is 12.8 Å². The molecule has 1 N–H and O–H groups in total. The third-order valence-electron chi connectivity index (χ3n) is 5.09. The highest BCUT2D eigenvalue weighted by atomic mass is 35.5. The van der Waals surface area contributed by atoms with E-state index in [1.54, 1.807) is 11.3 Å². The number of rotatable bonds is 4.